The fourth-order valence-electron chi connectivity index (χ4n) is 3.94. The lowest BCUT2D eigenvalue weighted by Crippen LogP contribution is -2.37. The summed E-state index contributed by atoms with van der Waals surface area (Å²) >= 11 is 0. The molecule has 0 bridgehead atoms. The molecule has 0 radical (unpaired) electrons. The maximum absolute atomic E-state index is 12.9. The van der Waals surface area contributed by atoms with Crippen LogP contribution in [0.15, 0.2) is 66.7 Å². The number of rotatable bonds is 6. The summed E-state index contributed by atoms with van der Waals surface area (Å²) in [5.41, 5.74) is 1.45. The van der Waals surface area contributed by atoms with Crippen LogP contribution in [0.3, 0.4) is 0 Å². The molecule has 0 unspecified atom stereocenters. The molecule has 1 aliphatic heterocycles. The maximum atomic E-state index is 12.9. The van der Waals surface area contributed by atoms with Crippen LogP contribution in [0.25, 0.3) is 10.8 Å². The van der Waals surface area contributed by atoms with E-state index in [0.29, 0.717) is 6.61 Å². The molecule has 1 saturated heterocycles. The smallest absolute Gasteiger partial charge is 0.123 e. The summed E-state index contributed by atoms with van der Waals surface area (Å²) in [6, 6.07) is 21.7. The van der Waals surface area contributed by atoms with E-state index in [1.807, 2.05) is 0 Å². The first-order chi connectivity index (χ1) is 13.3. The van der Waals surface area contributed by atoms with Crippen molar-refractivity contribution in [2.75, 3.05) is 26.2 Å². The highest BCUT2D eigenvalue weighted by atomic mass is 19.1. The quantitative estimate of drug-likeness (QED) is 0.588. The Bertz CT molecular complexity index is 869. The SMILES string of the molecule is Fc1ccc(OCCN2CCC(Cc3ccc4ccccc4c3)CC2)cc1. The van der Waals surface area contributed by atoms with E-state index in [2.05, 4.69) is 47.4 Å². The number of fused-ring (bicyclic) bond motifs is 1. The second-order valence-corrected chi connectivity index (χ2v) is 7.47. The number of likely N-dealkylation sites (tertiary alicyclic amines) is 1. The largest absolute Gasteiger partial charge is 0.492 e. The number of nitrogens with zero attached hydrogens (tertiary/aromatic N) is 1. The predicted octanol–water partition coefficient (Wildman–Crippen LogP) is 5.31. The van der Waals surface area contributed by atoms with Gasteiger partial charge in [-0.05, 0) is 78.9 Å². The molecule has 3 aromatic carbocycles. The minimum absolute atomic E-state index is 0.226. The van der Waals surface area contributed by atoms with Crippen molar-refractivity contribution in [3.8, 4) is 5.75 Å². The van der Waals surface area contributed by atoms with Crippen molar-refractivity contribution in [1.82, 2.24) is 4.90 Å². The van der Waals surface area contributed by atoms with Gasteiger partial charge in [0.15, 0.2) is 0 Å². The van der Waals surface area contributed by atoms with E-state index in [4.69, 9.17) is 4.74 Å². The average Bonchev–Trinajstić information content (AvgIpc) is 2.71. The molecule has 1 heterocycles. The van der Waals surface area contributed by atoms with Crippen LogP contribution < -0.4 is 4.74 Å². The zero-order valence-corrected chi connectivity index (χ0v) is 15.6. The van der Waals surface area contributed by atoms with E-state index in [0.717, 1.165) is 31.3 Å². The molecule has 0 N–H and O–H groups in total. The lowest BCUT2D eigenvalue weighted by atomic mass is 9.89. The Labute approximate surface area is 160 Å². The van der Waals surface area contributed by atoms with E-state index >= 15 is 0 Å². The zero-order valence-electron chi connectivity index (χ0n) is 15.6. The molecule has 1 aliphatic rings. The molecule has 1 fully saturated rings. The summed E-state index contributed by atoms with van der Waals surface area (Å²) in [6.45, 7) is 3.84. The lowest BCUT2D eigenvalue weighted by molar-refractivity contribution is 0.155. The summed E-state index contributed by atoms with van der Waals surface area (Å²) in [7, 11) is 0. The number of halogens is 1. The van der Waals surface area contributed by atoms with Gasteiger partial charge in [0.05, 0.1) is 0 Å². The van der Waals surface area contributed by atoms with Crippen LogP contribution in [0.2, 0.25) is 0 Å². The van der Waals surface area contributed by atoms with Crippen molar-refractivity contribution < 1.29 is 9.13 Å². The minimum Gasteiger partial charge on any atom is -0.492 e. The zero-order chi connectivity index (χ0) is 18.5. The lowest BCUT2D eigenvalue weighted by Gasteiger charge is -2.32. The van der Waals surface area contributed by atoms with Gasteiger partial charge in [-0.25, -0.2) is 4.39 Å². The van der Waals surface area contributed by atoms with E-state index in [1.54, 1.807) is 12.1 Å². The Morgan fingerprint density at radius 3 is 2.41 bits per heavy atom. The molecule has 3 heteroatoms. The molecule has 0 aromatic heterocycles. The van der Waals surface area contributed by atoms with Crippen molar-refractivity contribution in [2.45, 2.75) is 19.3 Å². The third kappa shape index (κ3) is 4.86. The highest BCUT2D eigenvalue weighted by molar-refractivity contribution is 5.82. The Hall–Kier alpha value is -2.39. The van der Waals surface area contributed by atoms with Crippen molar-refractivity contribution in [3.63, 3.8) is 0 Å². The fourth-order valence-corrected chi connectivity index (χ4v) is 3.94. The summed E-state index contributed by atoms with van der Waals surface area (Å²) in [6.07, 6.45) is 3.65. The molecule has 0 saturated carbocycles. The molecule has 27 heavy (non-hydrogen) atoms. The number of piperidine rings is 1. The third-order valence-corrected chi connectivity index (χ3v) is 5.54. The molecule has 0 atom stereocenters. The Morgan fingerprint density at radius 1 is 0.889 bits per heavy atom. The minimum atomic E-state index is -0.226. The van der Waals surface area contributed by atoms with Gasteiger partial charge < -0.3 is 4.74 Å². The second kappa shape index (κ2) is 8.53. The van der Waals surface area contributed by atoms with Crippen LogP contribution in [0, 0.1) is 11.7 Å². The summed E-state index contributed by atoms with van der Waals surface area (Å²) in [5.74, 6) is 1.28. The highest BCUT2D eigenvalue weighted by Crippen LogP contribution is 2.24. The van der Waals surface area contributed by atoms with Gasteiger partial charge in [0, 0.05) is 6.54 Å². The summed E-state index contributed by atoms with van der Waals surface area (Å²) in [4.78, 5) is 2.47. The molecule has 0 spiro atoms. The second-order valence-electron chi connectivity index (χ2n) is 7.47. The van der Waals surface area contributed by atoms with Crippen LogP contribution in [0.4, 0.5) is 4.39 Å². The number of hydrogen-bond acceptors (Lipinski definition) is 2. The van der Waals surface area contributed by atoms with Crippen molar-refractivity contribution >= 4 is 10.8 Å². The van der Waals surface area contributed by atoms with Crippen LogP contribution in [0.5, 0.6) is 5.75 Å². The van der Waals surface area contributed by atoms with Gasteiger partial charge in [-0.2, -0.15) is 0 Å². The summed E-state index contributed by atoms with van der Waals surface area (Å²) < 4.78 is 18.6. The molecular formula is C24H26FNO. The van der Waals surface area contributed by atoms with E-state index in [9.17, 15) is 4.39 Å². The van der Waals surface area contributed by atoms with Crippen molar-refractivity contribution in [1.29, 1.82) is 0 Å². The first kappa shape index (κ1) is 18.0. The summed E-state index contributed by atoms with van der Waals surface area (Å²) in [5, 5.41) is 2.66. The Balaban J connectivity index is 1.22. The van der Waals surface area contributed by atoms with Crippen molar-refractivity contribution in [3.05, 3.63) is 78.1 Å². The molecule has 4 rings (SSSR count). The van der Waals surface area contributed by atoms with Gasteiger partial charge >= 0.3 is 0 Å². The van der Waals surface area contributed by atoms with Crippen molar-refractivity contribution in [2.24, 2.45) is 5.92 Å². The maximum Gasteiger partial charge on any atom is 0.123 e. The average molecular weight is 363 g/mol. The molecule has 2 nitrogen and oxygen atoms in total. The number of hydrogen-bond donors (Lipinski definition) is 0. The molecule has 0 amide bonds. The number of benzene rings is 3. The molecule has 0 aliphatic carbocycles. The van der Waals surface area contributed by atoms with Crippen LogP contribution in [0.1, 0.15) is 18.4 Å². The van der Waals surface area contributed by atoms with Gasteiger partial charge in [-0.3, -0.25) is 4.90 Å². The van der Waals surface area contributed by atoms with Gasteiger partial charge in [-0.1, -0.05) is 42.5 Å². The van der Waals surface area contributed by atoms with Gasteiger partial charge in [0.1, 0.15) is 18.2 Å². The molecule has 140 valence electrons. The first-order valence-corrected chi connectivity index (χ1v) is 9.85. The van der Waals surface area contributed by atoms with Crippen LogP contribution in [-0.4, -0.2) is 31.1 Å². The van der Waals surface area contributed by atoms with E-state index in [-0.39, 0.29) is 5.82 Å². The fraction of sp³-hybridized carbons (Fsp3) is 0.333. The number of ether oxygens (including phenoxy) is 1. The molecule has 3 aromatic rings. The Kier molecular flexibility index (Phi) is 5.69. The normalized spacial score (nSPS) is 15.9. The molecular weight excluding hydrogens is 337 g/mol. The third-order valence-electron chi connectivity index (χ3n) is 5.54. The topological polar surface area (TPSA) is 12.5 Å². The first-order valence-electron chi connectivity index (χ1n) is 9.85. The van der Waals surface area contributed by atoms with Crippen LogP contribution in [-0.2, 0) is 6.42 Å². The van der Waals surface area contributed by atoms with Gasteiger partial charge in [0.25, 0.3) is 0 Å². The highest BCUT2D eigenvalue weighted by Gasteiger charge is 2.19. The monoisotopic (exact) mass is 363 g/mol. The standard InChI is InChI=1S/C24H26FNO/c25-23-7-9-24(10-8-23)27-16-15-26-13-11-19(12-14-26)17-20-5-6-21-3-1-2-4-22(21)18-20/h1-10,18-19H,11-17H2. The Morgan fingerprint density at radius 2 is 1.63 bits per heavy atom. The van der Waals surface area contributed by atoms with Crippen LogP contribution >= 0.6 is 0 Å². The predicted molar refractivity (Wildman–Crippen MR) is 109 cm³/mol. The van der Waals surface area contributed by atoms with Gasteiger partial charge in [-0.15, -0.1) is 0 Å². The van der Waals surface area contributed by atoms with E-state index in [1.165, 1.54) is 47.7 Å². The van der Waals surface area contributed by atoms with Gasteiger partial charge in [0.2, 0.25) is 0 Å². The van der Waals surface area contributed by atoms with E-state index < -0.39 is 0 Å².